The molecule has 1 heteroatoms. The van der Waals surface area contributed by atoms with Gasteiger partial charge in [0, 0.05) is 5.88 Å². The maximum Gasteiger partial charge on any atom is 0.0223 e. The highest BCUT2D eigenvalue weighted by molar-refractivity contribution is 6.17. The van der Waals surface area contributed by atoms with Crippen molar-refractivity contribution >= 4 is 11.6 Å². The molecular weight excluding hydrogens is 252 g/mol. The number of allylic oxidation sites excluding steroid dienone is 6. The molecule has 0 atom stereocenters. The standard InChI is InChI=1S/C18H31Cl/c1-2-3-4-5-6-7-8-9-10-11-12-13-14-15-16-17-18-19/h3-4,6-7,9-10H,2,5,8,11-18H2,1H3/b4-3+,7-6+,10-9+. The summed E-state index contributed by atoms with van der Waals surface area (Å²) < 4.78 is 0. The molecule has 0 aliphatic heterocycles. The lowest BCUT2D eigenvalue weighted by molar-refractivity contribution is 0.612. The van der Waals surface area contributed by atoms with Gasteiger partial charge in [0.2, 0.25) is 0 Å². The lowest BCUT2D eigenvalue weighted by Crippen LogP contribution is -1.80. The van der Waals surface area contributed by atoms with Crippen LogP contribution in [0.1, 0.15) is 71.1 Å². The SMILES string of the molecule is CC/C=C/C/C=C/C/C=C/CCCCCCCCCl. The van der Waals surface area contributed by atoms with Crippen LogP contribution in [0.25, 0.3) is 0 Å². The van der Waals surface area contributed by atoms with E-state index < -0.39 is 0 Å². The minimum atomic E-state index is 0.824. The molecular formula is C18H31Cl. The maximum absolute atomic E-state index is 5.64. The van der Waals surface area contributed by atoms with Crippen LogP contribution < -0.4 is 0 Å². The van der Waals surface area contributed by atoms with Crippen LogP contribution in [0, 0.1) is 0 Å². The summed E-state index contributed by atoms with van der Waals surface area (Å²) >= 11 is 5.64. The molecule has 0 aliphatic carbocycles. The Labute approximate surface area is 125 Å². The highest BCUT2D eigenvalue weighted by Crippen LogP contribution is 2.08. The summed E-state index contributed by atoms with van der Waals surface area (Å²) in [7, 11) is 0. The van der Waals surface area contributed by atoms with Crippen molar-refractivity contribution in [3.63, 3.8) is 0 Å². The zero-order valence-electron chi connectivity index (χ0n) is 12.6. The molecule has 0 bridgehead atoms. The molecule has 0 N–H and O–H groups in total. The van der Waals surface area contributed by atoms with E-state index in [-0.39, 0.29) is 0 Å². The van der Waals surface area contributed by atoms with Crippen LogP contribution in [0.15, 0.2) is 36.5 Å². The van der Waals surface area contributed by atoms with Crippen molar-refractivity contribution in [1.29, 1.82) is 0 Å². The summed E-state index contributed by atoms with van der Waals surface area (Å²) in [5.74, 6) is 0.824. The van der Waals surface area contributed by atoms with Gasteiger partial charge in [0.05, 0.1) is 0 Å². The van der Waals surface area contributed by atoms with E-state index in [4.69, 9.17) is 11.6 Å². The first-order valence-electron chi connectivity index (χ1n) is 7.92. The van der Waals surface area contributed by atoms with E-state index in [9.17, 15) is 0 Å². The van der Waals surface area contributed by atoms with Crippen molar-refractivity contribution in [2.75, 3.05) is 5.88 Å². The van der Waals surface area contributed by atoms with Crippen molar-refractivity contribution in [2.45, 2.75) is 71.1 Å². The number of halogens is 1. The number of alkyl halides is 1. The fourth-order valence-corrected chi connectivity index (χ4v) is 2.08. The zero-order valence-corrected chi connectivity index (χ0v) is 13.4. The quantitative estimate of drug-likeness (QED) is 0.198. The molecule has 0 fully saturated rings. The van der Waals surface area contributed by atoms with E-state index in [1.54, 1.807) is 0 Å². The number of hydrogen-bond acceptors (Lipinski definition) is 0. The Morgan fingerprint density at radius 2 is 1.16 bits per heavy atom. The first-order chi connectivity index (χ1) is 9.41. The fraction of sp³-hybridized carbons (Fsp3) is 0.667. The van der Waals surface area contributed by atoms with Gasteiger partial charge in [-0.25, -0.2) is 0 Å². The van der Waals surface area contributed by atoms with Gasteiger partial charge in [-0.1, -0.05) is 69.1 Å². The fourth-order valence-electron chi connectivity index (χ4n) is 1.89. The van der Waals surface area contributed by atoms with E-state index in [2.05, 4.69) is 43.4 Å². The lowest BCUT2D eigenvalue weighted by atomic mass is 10.1. The molecule has 0 nitrogen and oxygen atoms in total. The third-order valence-corrected chi connectivity index (χ3v) is 3.30. The van der Waals surface area contributed by atoms with Gasteiger partial charge < -0.3 is 0 Å². The molecule has 0 saturated heterocycles. The van der Waals surface area contributed by atoms with Gasteiger partial charge in [-0.3, -0.25) is 0 Å². The molecule has 0 aromatic rings. The predicted molar refractivity (Wildman–Crippen MR) is 90.0 cm³/mol. The van der Waals surface area contributed by atoms with Crippen LogP contribution in [0.3, 0.4) is 0 Å². The molecule has 110 valence electrons. The topological polar surface area (TPSA) is 0 Å². The van der Waals surface area contributed by atoms with Crippen LogP contribution in [0.2, 0.25) is 0 Å². The van der Waals surface area contributed by atoms with Crippen LogP contribution >= 0.6 is 11.6 Å². The summed E-state index contributed by atoms with van der Waals surface area (Å²) in [4.78, 5) is 0. The first-order valence-corrected chi connectivity index (χ1v) is 8.46. The third-order valence-electron chi connectivity index (χ3n) is 3.03. The smallest absolute Gasteiger partial charge is 0.0223 e. The average molecular weight is 283 g/mol. The number of unbranched alkanes of at least 4 members (excludes halogenated alkanes) is 6. The van der Waals surface area contributed by atoms with Gasteiger partial charge in [-0.2, -0.15) is 0 Å². The third kappa shape index (κ3) is 17.5. The van der Waals surface area contributed by atoms with Gasteiger partial charge in [0.1, 0.15) is 0 Å². The van der Waals surface area contributed by atoms with Crippen molar-refractivity contribution in [2.24, 2.45) is 0 Å². The Balaban J connectivity index is 3.19. The summed E-state index contributed by atoms with van der Waals surface area (Å²) in [5, 5.41) is 0. The summed E-state index contributed by atoms with van der Waals surface area (Å²) in [6.45, 7) is 2.17. The van der Waals surface area contributed by atoms with E-state index >= 15 is 0 Å². The summed E-state index contributed by atoms with van der Waals surface area (Å²) in [5.41, 5.74) is 0. The van der Waals surface area contributed by atoms with Gasteiger partial charge >= 0.3 is 0 Å². The molecule has 19 heavy (non-hydrogen) atoms. The van der Waals surface area contributed by atoms with Crippen molar-refractivity contribution in [3.05, 3.63) is 36.5 Å². The Morgan fingerprint density at radius 3 is 1.79 bits per heavy atom. The molecule has 0 amide bonds. The highest BCUT2D eigenvalue weighted by Gasteiger charge is 1.89. The lowest BCUT2D eigenvalue weighted by Gasteiger charge is -1.98. The Bertz CT molecular complexity index is 238. The number of rotatable bonds is 13. The molecule has 0 unspecified atom stereocenters. The highest BCUT2D eigenvalue weighted by atomic mass is 35.5. The molecule has 0 aliphatic rings. The molecule has 0 radical (unpaired) electrons. The molecule has 0 spiro atoms. The minimum absolute atomic E-state index is 0.824. The Hall–Kier alpha value is -0.490. The van der Waals surface area contributed by atoms with Gasteiger partial charge in [-0.05, 0) is 38.5 Å². The second kappa shape index (κ2) is 17.5. The number of hydrogen-bond donors (Lipinski definition) is 0. The van der Waals surface area contributed by atoms with Crippen LogP contribution in [-0.4, -0.2) is 5.88 Å². The van der Waals surface area contributed by atoms with Crippen LogP contribution in [0.5, 0.6) is 0 Å². The van der Waals surface area contributed by atoms with Gasteiger partial charge in [-0.15, -0.1) is 11.6 Å². The summed E-state index contributed by atoms with van der Waals surface area (Å²) in [6, 6.07) is 0. The second-order valence-electron chi connectivity index (χ2n) is 4.89. The van der Waals surface area contributed by atoms with E-state index in [0.29, 0.717) is 0 Å². The van der Waals surface area contributed by atoms with Gasteiger partial charge in [0.15, 0.2) is 0 Å². The Morgan fingerprint density at radius 1 is 0.632 bits per heavy atom. The normalized spacial score (nSPS) is 12.3. The monoisotopic (exact) mass is 282 g/mol. The molecule has 0 aromatic carbocycles. The average Bonchev–Trinajstić information content (AvgIpc) is 2.43. The minimum Gasteiger partial charge on any atom is -0.127 e. The van der Waals surface area contributed by atoms with Crippen molar-refractivity contribution < 1.29 is 0 Å². The van der Waals surface area contributed by atoms with Crippen molar-refractivity contribution in [3.8, 4) is 0 Å². The van der Waals surface area contributed by atoms with Crippen molar-refractivity contribution in [1.82, 2.24) is 0 Å². The maximum atomic E-state index is 5.64. The largest absolute Gasteiger partial charge is 0.127 e. The van der Waals surface area contributed by atoms with Crippen LogP contribution in [-0.2, 0) is 0 Å². The predicted octanol–water partition coefficient (Wildman–Crippen LogP) is 6.81. The van der Waals surface area contributed by atoms with Gasteiger partial charge in [0.25, 0.3) is 0 Å². The molecule has 0 saturated carbocycles. The molecule has 0 rings (SSSR count). The van der Waals surface area contributed by atoms with E-state index in [0.717, 1.165) is 25.1 Å². The molecule has 0 heterocycles. The molecule has 0 aromatic heterocycles. The second-order valence-corrected chi connectivity index (χ2v) is 5.27. The van der Waals surface area contributed by atoms with E-state index in [1.807, 2.05) is 0 Å². The Kier molecular flexibility index (Phi) is 17.1. The van der Waals surface area contributed by atoms with Crippen LogP contribution in [0.4, 0.5) is 0 Å². The summed E-state index contributed by atoms with van der Waals surface area (Å²) in [6.07, 6.45) is 26.0. The first kappa shape index (κ1) is 18.5. The van der Waals surface area contributed by atoms with E-state index in [1.165, 1.54) is 44.9 Å². The zero-order chi connectivity index (χ0) is 14.0.